The van der Waals surface area contributed by atoms with Crippen molar-refractivity contribution in [3.8, 4) is 0 Å². The molecular formula is C64H96O22. The van der Waals surface area contributed by atoms with Gasteiger partial charge in [0.15, 0.2) is 37.2 Å². The fourth-order valence-corrected chi connectivity index (χ4v) is 16.5. The minimum absolute atomic E-state index is 0.0559. The first-order valence-electron chi connectivity index (χ1n) is 31.2. The van der Waals surface area contributed by atoms with Gasteiger partial charge in [-0.15, -0.1) is 0 Å². The molecule has 86 heavy (non-hydrogen) atoms. The van der Waals surface area contributed by atoms with Crippen molar-refractivity contribution in [1.29, 1.82) is 0 Å². The van der Waals surface area contributed by atoms with Crippen LogP contribution in [0, 0.1) is 16.7 Å². The molecule has 1 aromatic carbocycles. The summed E-state index contributed by atoms with van der Waals surface area (Å²) in [4.78, 5) is 27.0. The maximum atomic E-state index is 13.7. The molecule has 5 heterocycles. The van der Waals surface area contributed by atoms with E-state index >= 15 is 0 Å². The van der Waals surface area contributed by atoms with E-state index in [1.54, 1.807) is 41.4 Å². The SMILES string of the molecule is CO[C@H]1C[C@H](O[C@H]2[C@@H](OC)CC(O[C@H]3CC[C@@]4(C)C(=CC[C@]5(O)C4C[C@@H](OC(=O)/C=C/c4ccccc4)[C@@]4(C)[C@]5(O)CC[C@@]4(O)C(C)=O)C3)O[C@@H]2C)O[C@@H](C)[C@H]1O[C@H]1C[C@H](OC)[C@H](O[C@H]2C[C@@H](OC)[C@@H](OC3C[C@@H](O)C[C@@H](CO)O3)[C@H](C)O2)[C@@H](C)O1. The summed E-state index contributed by atoms with van der Waals surface area (Å²) in [7, 11) is 6.51. The standard InChI is InChI=1S/C64H96O22/c1-34-57(84-54-30-46(74-10)59(36(3)78-54)86-55-31-47(75-11)58(37(4)79-55)85-53-29-45(73-9)56(35(2)77-53)83-51-27-41(67)26-43(33-65)81-51)44(72-8)28-52(76-34)80-42-20-21-60(6)40(25-42)19-22-63(70)48(60)32-49(82-50(68)18-17-39-15-13-12-14-16-39)61(7)62(69,38(5)66)23-24-64(61,63)71/h12-19,34-37,41-49,51-59,65,67,69-71H,20-33H2,1-11H3/b18-17+/t34-,35+,36+,37-,41+,42+,43+,44+,45-,46+,47+,48?,49-,51?,52?,53+,54+,55+,56+,57-,58-,59-,60+,61-,62-,63+,64-/m1/s1. The molecular weight excluding hydrogens is 1120 g/mol. The number of ether oxygens (including phenoxy) is 15. The molecule has 0 spiro atoms. The molecule has 0 amide bonds. The zero-order valence-electron chi connectivity index (χ0n) is 51.9. The van der Waals surface area contributed by atoms with E-state index < -0.39 is 168 Å². The van der Waals surface area contributed by atoms with Crippen molar-refractivity contribution in [3.63, 3.8) is 0 Å². The number of ketones is 1. The van der Waals surface area contributed by atoms with Crippen LogP contribution in [-0.2, 0) is 80.6 Å². The molecule has 3 saturated carbocycles. The number of rotatable bonds is 19. The number of Topliss-reactive ketones (excluding diaryl/α,β-unsaturated/α-hetero) is 1. The van der Waals surface area contributed by atoms with E-state index in [0.717, 1.165) is 11.1 Å². The Bertz CT molecular complexity index is 2520. The summed E-state index contributed by atoms with van der Waals surface area (Å²) >= 11 is 0. The molecule has 9 aliphatic rings. The number of methoxy groups -OCH3 is 4. The van der Waals surface area contributed by atoms with Crippen LogP contribution in [0.3, 0.4) is 0 Å². The predicted octanol–water partition coefficient (Wildman–Crippen LogP) is 5.12. The van der Waals surface area contributed by atoms with Crippen molar-refractivity contribution in [2.45, 2.75) is 278 Å². The summed E-state index contributed by atoms with van der Waals surface area (Å²) in [5.74, 6) is -1.82. The highest BCUT2D eigenvalue weighted by molar-refractivity contribution is 5.88. The second kappa shape index (κ2) is 26.7. The van der Waals surface area contributed by atoms with Gasteiger partial charge in [-0.1, -0.05) is 48.9 Å². The Labute approximate surface area is 505 Å². The summed E-state index contributed by atoms with van der Waals surface area (Å²) in [6.45, 7) is 12.4. The Hall–Kier alpha value is -2.92. The Morgan fingerprint density at radius 3 is 1.57 bits per heavy atom. The van der Waals surface area contributed by atoms with Crippen LogP contribution in [0.4, 0.5) is 0 Å². The van der Waals surface area contributed by atoms with E-state index in [-0.39, 0.29) is 44.8 Å². The third-order valence-electron chi connectivity index (χ3n) is 21.4. The lowest BCUT2D eigenvalue weighted by molar-refractivity contribution is -0.351. The van der Waals surface area contributed by atoms with Gasteiger partial charge < -0.3 is 96.6 Å². The Morgan fingerprint density at radius 1 is 0.628 bits per heavy atom. The lowest BCUT2D eigenvalue weighted by Crippen LogP contribution is -2.78. The van der Waals surface area contributed by atoms with Gasteiger partial charge in [0.1, 0.15) is 47.3 Å². The Morgan fingerprint density at radius 2 is 1.10 bits per heavy atom. The average molecular weight is 1220 g/mol. The third-order valence-corrected chi connectivity index (χ3v) is 21.4. The maximum Gasteiger partial charge on any atom is 0.331 e. The van der Waals surface area contributed by atoms with Gasteiger partial charge in [0.25, 0.3) is 0 Å². The van der Waals surface area contributed by atoms with Crippen LogP contribution >= 0.6 is 0 Å². The second-order valence-corrected chi connectivity index (χ2v) is 26.2. The van der Waals surface area contributed by atoms with Gasteiger partial charge in [-0.25, -0.2) is 4.79 Å². The number of esters is 1. The van der Waals surface area contributed by atoms with Crippen molar-refractivity contribution in [2.24, 2.45) is 16.7 Å². The summed E-state index contributed by atoms with van der Waals surface area (Å²) in [6.07, 6.45) is -2.78. The third kappa shape index (κ3) is 12.5. The van der Waals surface area contributed by atoms with Gasteiger partial charge in [0.2, 0.25) is 0 Å². The summed E-state index contributed by atoms with van der Waals surface area (Å²) in [6, 6.07) is 9.30. The van der Waals surface area contributed by atoms with Gasteiger partial charge in [0, 0.05) is 79.0 Å². The monoisotopic (exact) mass is 1220 g/mol. The van der Waals surface area contributed by atoms with Crippen molar-refractivity contribution in [2.75, 3.05) is 35.0 Å². The van der Waals surface area contributed by atoms with Crippen molar-refractivity contribution >= 4 is 17.8 Å². The number of carbonyl (C=O) groups excluding carboxylic acids is 2. The summed E-state index contributed by atoms with van der Waals surface area (Å²) in [5, 5.41) is 58.2. The van der Waals surface area contributed by atoms with Crippen molar-refractivity contribution < 1.29 is 106 Å². The van der Waals surface area contributed by atoms with Crippen LogP contribution < -0.4 is 0 Å². The molecule has 22 heteroatoms. The van der Waals surface area contributed by atoms with Crippen LogP contribution in [-0.4, -0.2) is 218 Å². The first-order valence-corrected chi connectivity index (χ1v) is 31.2. The number of aliphatic hydroxyl groups is 5. The fraction of sp³-hybridized carbons (Fsp3) is 0.812. The molecule has 3 unspecified atom stereocenters. The van der Waals surface area contributed by atoms with E-state index in [2.05, 4.69) is 6.92 Å². The molecule has 484 valence electrons. The fourth-order valence-electron chi connectivity index (χ4n) is 16.5. The number of carbonyl (C=O) groups is 2. The van der Waals surface area contributed by atoms with Gasteiger partial charge in [-0.2, -0.15) is 0 Å². The lowest BCUT2D eigenvalue weighted by atomic mass is 9.42. The first kappa shape index (κ1) is 66.0. The number of aliphatic hydroxyl groups excluding tert-OH is 2. The molecule has 8 fully saturated rings. The van der Waals surface area contributed by atoms with E-state index in [9.17, 15) is 35.1 Å². The smallest absolute Gasteiger partial charge is 0.331 e. The first-order chi connectivity index (χ1) is 40.9. The molecule has 4 aliphatic carbocycles. The molecule has 5 N–H and O–H groups in total. The number of benzene rings is 1. The molecule has 5 aliphatic heterocycles. The molecule has 22 nitrogen and oxygen atoms in total. The van der Waals surface area contributed by atoms with Gasteiger partial charge >= 0.3 is 5.97 Å². The lowest BCUT2D eigenvalue weighted by Gasteiger charge is -2.67. The Balaban J connectivity index is 0.725. The number of hydrogen-bond acceptors (Lipinski definition) is 22. The quantitative estimate of drug-likeness (QED) is 0.0683. The zero-order valence-corrected chi connectivity index (χ0v) is 51.9. The highest BCUT2D eigenvalue weighted by Gasteiger charge is 2.81. The molecule has 10 rings (SSSR count). The van der Waals surface area contributed by atoms with Crippen LogP contribution in [0.2, 0.25) is 0 Å². The topological polar surface area (TPSA) is 274 Å². The van der Waals surface area contributed by atoms with Gasteiger partial charge in [-0.05, 0) is 104 Å². The minimum atomic E-state index is -2.05. The highest BCUT2D eigenvalue weighted by Crippen LogP contribution is 2.71. The molecule has 27 atom stereocenters. The van der Waals surface area contributed by atoms with E-state index in [1.807, 2.05) is 64.1 Å². The average Bonchev–Trinajstić information content (AvgIpc) is 1.45. The second-order valence-electron chi connectivity index (χ2n) is 26.2. The molecule has 5 saturated heterocycles. The predicted molar refractivity (Wildman–Crippen MR) is 305 cm³/mol. The van der Waals surface area contributed by atoms with Gasteiger partial charge in [-0.3, -0.25) is 4.79 Å². The number of fused-ring (bicyclic) bond motifs is 5. The van der Waals surface area contributed by atoms with E-state index in [1.165, 1.54) is 13.0 Å². The normalized spacial score (nSPS) is 48.0. The maximum absolute atomic E-state index is 13.7. The largest absolute Gasteiger partial charge is 0.458 e. The molecule has 0 bridgehead atoms. The van der Waals surface area contributed by atoms with Crippen LogP contribution in [0.25, 0.3) is 6.08 Å². The van der Waals surface area contributed by atoms with Crippen LogP contribution in [0.15, 0.2) is 48.1 Å². The highest BCUT2D eigenvalue weighted by atomic mass is 16.8. The van der Waals surface area contributed by atoms with E-state index in [4.69, 9.17) is 71.1 Å². The molecule has 0 aromatic heterocycles. The van der Waals surface area contributed by atoms with Crippen molar-refractivity contribution in [1.82, 2.24) is 0 Å². The van der Waals surface area contributed by atoms with Gasteiger partial charge in [0.05, 0.1) is 79.2 Å². The van der Waals surface area contributed by atoms with Crippen LogP contribution in [0.1, 0.15) is 138 Å². The summed E-state index contributed by atoms with van der Waals surface area (Å²) < 4.78 is 95.2. The zero-order chi connectivity index (χ0) is 61.7. The Kier molecular flexibility index (Phi) is 20.5. The van der Waals surface area contributed by atoms with E-state index in [0.29, 0.717) is 51.4 Å². The minimum Gasteiger partial charge on any atom is -0.458 e. The molecule has 1 aromatic rings. The molecule has 0 radical (unpaired) electrons. The van der Waals surface area contributed by atoms with Crippen LogP contribution in [0.5, 0.6) is 0 Å². The van der Waals surface area contributed by atoms with Crippen molar-refractivity contribution in [3.05, 3.63) is 53.6 Å². The summed E-state index contributed by atoms with van der Waals surface area (Å²) in [5.41, 5.74) is -6.30. The number of hydrogen-bond donors (Lipinski definition) is 5.